The minimum Gasteiger partial charge on any atom is -0.330 e. The number of piperidine rings is 1. The topological polar surface area (TPSA) is 66.6 Å². The van der Waals surface area contributed by atoms with Gasteiger partial charge in [-0.15, -0.1) is 0 Å². The molecule has 0 radical (unpaired) electrons. The molecule has 0 spiro atoms. The van der Waals surface area contributed by atoms with E-state index in [1.54, 1.807) is 19.9 Å². The smallest absolute Gasteiger partial charge is 0.282 e. The Kier molecular flexibility index (Phi) is 4.66. The Morgan fingerprint density at radius 2 is 2.00 bits per heavy atom. The molecule has 1 saturated heterocycles. The van der Waals surface area contributed by atoms with E-state index in [9.17, 15) is 8.42 Å². The summed E-state index contributed by atoms with van der Waals surface area (Å²) in [6.45, 7) is 2.39. The lowest BCUT2D eigenvalue weighted by atomic mass is 9.99. The third-order valence-corrected chi connectivity index (χ3v) is 7.17. The van der Waals surface area contributed by atoms with Crippen molar-refractivity contribution in [2.24, 2.45) is 11.7 Å². The first kappa shape index (κ1) is 15.4. The summed E-state index contributed by atoms with van der Waals surface area (Å²) < 4.78 is 29.2. The quantitative estimate of drug-likeness (QED) is 0.862. The Hall–Kier alpha value is -0.470. The van der Waals surface area contributed by atoms with E-state index in [2.05, 4.69) is 0 Å². The van der Waals surface area contributed by atoms with Gasteiger partial charge in [0, 0.05) is 25.7 Å². The van der Waals surface area contributed by atoms with Crippen molar-refractivity contribution >= 4 is 21.5 Å². The van der Waals surface area contributed by atoms with E-state index in [0.717, 1.165) is 31.2 Å². The molecular weight excluding hydrogens is 306 g/mol. The van der Waals surface area contributed by atoms with Crippen molar-refractivity contribution in [3.8, 4) is 0 Å². The number of hydrogen-bond acceptors (Lipinski definition) is 4. The lowest BCUT2D eigenvalue weighted by Gasteiger charge is -2.34. The largest absolute Gasteiger partial charge is 0.330 e. The lowest BCUT2D eigenvalue weighted by Crippen LogP contribution is -2.48. The van der Waals surface area contributed by atoms with Crippen LogP contribution in [0, 0.1) is 5.92 Å². The van der Waals surface area contributed by atoms with Gasteiger partial charge in [-0.25, -0.2) is 0 Å². The first-order valence-corrected chi connectivity index (χ1v) is 9.93. The van der Waals surface area contributed by atoms with Crippen LogP contribution >= 0.6 is 11.3 Å². The number of hydrogen-bond donors (Lipinski definition) is 1. The number of rotatable bonds is 6. The monoisotopic (exact) mass is 329 g/mol. The highest BCUT2D eigenvalue weighted by Gasteiger charge is 2.41. The van der Waals surface area contributed by atoms with Crippen LogP contribution in [-0.4, -0.2) is 42.7 Å². The van der Waals surface area contributed by atoms with Gasteiger partial charge in [-0.1, -0.05) is 0 Å². The zero-order chi connectivity index (χ0) is 14.9. The standard InChI is InChI=1S/C14H23N3O2S2/c15-9-12-3-6-16(7-4-12)21(18,19)17(14-1-2-14)10-13-5-8-20-11-13/h5,8,11-12,14H,1-4,6-7,9-10,15H2. The van der Waals surface area contributed by atoms with Crippen molar-refractivity contribution in [1.82, 2.24) is 8.61 Å². The number of nitrogens with zero attached hydrogens (tertiary/aromatic N) is 2. The molecule has 1 saturated carbocycles. The van der Waals surface area contributed by atoms with Gasteiger partial charge in [0.1, 0.15) is 0 Å². The van der Waals surface area contributed by atoms with Gasteiger partial charge >= 0.3 is 0 Å². The summed E-state index contributed by atoms with van der Waals surface area (Å²) in [6.07, 6.45) is 3.74. The molecule has 1 aliphatic carbocycles. The maximum Gasteiger partial charge on any atom is 0.282 e. The van der Waals surface area contributed by atoms with Gasteiger partial charge in [-0.05, 0) is 60.5 Å². The molecule has 0 atom stereocenters. The fourth-order valence-electron chi connectivity index (χ4n) is 2.85. The normalized spacial score (nSPS) is 22.0. The summed E-state index contributed by atoms with van der Waals surface area (Å²) in [5, 5.41) is 4.03. The van der Waals surface area contributed by atoms with E-state index in [0.29, 0.717) is 32.1 Å². The molecular formula is C14H23N3O2S2. The highest BCUT2D eigenvalue weighted by atomic mass is 32.2. The predicted octanol–water partition coefficient (Wildman–Crippen LogP) is 1.63. The molecule has 1 aromatic rings. The Balaban J connectivity index is 1.72. The van der Waals surface area contributed by atoms with Gasteiger partial charge in [0.2, 0.25) is 0 Å². The fourth-order valence-corrected chi connectivity index (χ4v) is 5.38. The van der Waals surface area contributed by atoms with Crippen molar-refractivity contribution < 1.29 is 8.42 Å². The molecule has 7 heteroatoms. The minimum atomic E-state index is -3.34. The van der Waals surface area contributed by atoms with Gasteiger partial charge in [0.15, 0.2) is 0 Å². The summed E-state index contributed by atoms with van der Waals surface area (Å²) >= 11 is 1.61. The second-order valence-electron chi connectivity index (χ2n) is 5.99. The van der Waals surface area contributed by atoms with Crippen LogP contribution in [0.3, 0.4) is 0 Å². The number of thiophene rings is 1. The zero-order valence-electron chi connectivity index (χ0n) is 12.1. The molecule has 118 valence electrons. The highest BCUT2D eigenvalue weighted by Crippen LogP contribution is 2.33. The molecule has 21 heavy (non-hydrogen) atoms. The Bertz CT molecular complexity index is 547. The molecule has 2 N–H and O–H groups in total. The Morgan fingerprint density at radius 1 is 1.29 bits per heavy atom. The van der Waals surface area contributed by atoms with Crippen LogP contribution in [0.25, 0.3) is 0 Å². The van der Waals surface area contributed by atoms with Gasteiger partial charge in [0.25, 0.3) is 10.2 Å². The Labute approximate surface area is 130 Å². The van der Waals surface area contributed by atoms with Crippen LogP contribution in [0.4, 0.5) is 0 Å². The van der Waals surface area contributed by atoms with Crippen molar-refractivity contribution in [1.29, 1.82) is 0 Å². The molecule has 0 bridgehead atoms. The molecule has 2 aliphatic rings. The van der Waals surface area contributed by atoms with E-state index in [1.165, 1.54) is 0 Å². The summed E-state index contributed by atoms with van der Waals surface area (Å²) in [7, 11) is -3.34. The Morgan fingerprint density at radius 3 is 2.52 bits per heavy atom. The third-order valence-electron chi connectivity index (χ3n) is 4.40. The third kappa shape index (κ3) is 3.48. The van der Waals surface area contributed by atoms with E-state index in [1.807, 2.05) is 16.8 Å². The van der Waals surface area contributed by atoms with Gasteiger partial charge in [-0.2, -0.15) is 28.4 Å². The summed E-state index contributed by atoms with van der Waals surface area (Å²) in [6, 6.07) is 2.21. The molecule has 1 aromatic heterocycles. The van der Waals surface area contributed by atoms with Crippen LogP contribution in [0.15, 0.2) is 16.8 Å². The molecule has 0 aromatic carbocycles. The maximum absolute atomic E-state index is 12.9. The van der Waals surface area contributed by atoms with E-state index >= 15 is 0 Å². The second-order valence-corrected chi connectivity index (χ2v) is 8.66. The molecule has 2 fully saturated rings. The van der Waals surface area contributed by atoms with Crippen molar-refractivity contribution in [3.63, 3.8) is 0 Å². The molecule has 0 amide bonds. The molecule has 5 nitrogen and oxygen atoms in total. The minimum absolute atomic E-state index is 0.196. The SMILES string of the molecule is NCC1CCN(S(=O)(=O)N(Cc2ccsc2)C2CC2)CC1. The molecule has 2 heterocycles. The van der Waals surface area contributed by atoms with Crippen molar-refractivity contribution in [3.05, 3.63) is 22.4 Å². The lowest BCUT2D eigenvalue weighted by molar-refractivity contribution is 0.253. The summed E-state index contributed by atoms with van der Waals surface area (Å²) in [4.78, 5) is 0. The van der Waals surface area contributed by atoms with Gasteiger partial charge in [0.05, 0.1) is 0 Å². The first-order chi connectivity index (χ1) is 10.1. The van der Waals surface area contributed by atoms with Crippen LogP contribution < -0.4 is 5.73 Å². The zero-order valence-corrected chi connectivity index (χ0v) is 13.8. The van der Waals surface area contributed by atoms with Gasteiger partial charge < -0.3 is 5.73 Å². The second kappa shape index (κ2) is 6.34. The van der Waals surface area contributed by atoms with E-state index in [-0.39, 0.29) is 6.04 Å². The fraction of sp³-hybridized carbons (Fsp3) is 0.714. The number of nitrogens with two attached hydrogens (primary N) is 1. The van der Waals surface area contributed by atoms with Crippen LogP contribution in [0.2, 0.25) is 0 Å². The first-order valence-electron chi connectivity index (χ1n) is 7.59. The van der Waals surface area contributed by atoms with Crippen LogP contribution in [-0.2, 0) is 16.8 Å². The average Bonchev–Trinajstić information content (AvgIpc) is 3.20. The van der Waals surface area contributed by atoms with Gasteiger partial charge in [-0.3, -0.25) is 0 Å². The van der Waals surface area contributed by atoms with Crippen LogP contribution in [0.5, 0.6) is 0 Å². The average molecular weight is 329 g/mol. The molecule has 1 aliphatic heterocycles. The van der Waals surface area contributed by atoms with E-state index in [4.69, 9.17) is 5.73 Å². The highest BCUT2D eigenvalue weighted by molar-refractivity contribution is 7.86. The summed E-state index contributed by atoms with van der Waals surface area (Å²) in [5.41, 5.74) is 6.78. The van der Waals surface area contributed by atoms with Crippen LogP contribution in [0.1, 0.15) is 31.2 Å². The molecule has 3 rings (SSSR count). The predicted molar refractivity (Wildman–Crippen MR) is 85.2 cm³/mol. The molecule has 0 unspecified atom stereocenters. The summed E-state index contributed by atoms with van der Waals surface area (Å²) in [5.74, 6) is 0.475. The maximum atomic E-state index is 12.9. The van der Waals surface area contributed by atoms with E-state index < -0.39 is 10.2 Å². The van der Waals surface area contributed by atoms with Crippen molar-refractivity contribution in [2.75, 3.05) is 19.6 Å². The van der Waals surface area contributed by atoms with Crippen molar-refractivity contribution in [2.45, 2.75) is 38.3 Å².